The summed E-state index contributed by atoms with van der Waals surface area (Å²) in [4.78, 5) is 0. The molecule has 0 radical (unpaired) electrons. The van der Waals surface area contributed by atoms with Crippen LogP contribution in [0.2, 0.25) is 0 Å². The van der Waals surface area contributed by atoms with E-state index in [4.69, 9.17) is 4.74 Å². The van der Waals surface area contributed by atoms with E-state index in [9.17, 15) is 13.2 Å². The first-order valence-corrected chi connectivity index (χ1v) is 11.0. The fraction of sp³-hybridized carbons (Fsp3) is 0.259. The van der Waals surface area contributed by atoms with Crippen molar-refractivity contribution in [1.82, 2.24) is 0 Å². The predicted octanol–water partition coefficient (Wildman–Crippen LogP) is 7.59. The van der Waals surface area contributed by atoms with Gasteiger partial charge < -0.3 is 4.74 Å². The van der Waals surface area contributed by atoms with Gasteiger partial charge in [-0.05, 0) is 53.6 Å². The lowest BCUT2D eigenvalue weighted by atomic mass is 9.95. The second kappa shape index (κ2) is 8.41. The SMILES string of the molecule is CCCc1cc2c(c(F)c1F)-c1c(cc(-c3ccc(C4CC=CCO4)c(F)c3)c(F)c1F)C2. The van der Waals surface area contributed by atoms with Crippen molar-refractivity contribution in [1.29, 1.82) is 0 Å². The number of ether oxygens (including phenoxy) is 1. The molecule has 1 heterocycles. The maximum atomic E-state index is 15.2. The summed E-state index contributed by atoms with van der Waals surface area (Å²) in [6.45, 7) is 2.23. The van der Waals surface area contributed by atoms with Gasteiger partial charge in [0.2, 0.25) is 0 Å². The van der Waals surface area contributed by atoms with Crippen LogP contribution in [0.15, 0.2) is 42.5 Å². The Balaban J connectivity index is 1.58. The molecule has 0 spiro atoms. The molecule has 1 aliphatic carbocycles. The number of hydrogen-bond acceptors (Lipinski definition) is 1. The van der Waals surface area contributed by atoms with Crippen LogP contribution in [0.3, 0.4) is 0 Å². The number of halogens is 5. The molecule has 1 aliphatic heterocycles. The quantitative estimate of drug-likeness (QED) is 0.227. The molecule has 6 heteroatoms. The number of benzene rings is 3. The Labute approximate surface area is 188 Å². The van der Waals surface area contributed by atoms with Crippen molar-refractivity contribution < 1.29 is 26.7 Å². The zero-order valence-corrected chi connectivity index (χ0v) is 18.0. The Morgan fingerprint density at radius 3 is 2.24 bits per heavy atom. The molecule has 0 bridgehead atoms. The van der Waals surface area contributed by atoms with Gasteiger partial charge in [-0.2, -0.15) is 0 Å². The molecular weight excluding hydrogens is 435 g/mol. The summed E-state index contributed by atoms with van der Waals surface area (Å²) >= 11 is 0. The van der Waals surface area contributed by atoms with E-state index in [2.05, 4.69) is 0 Å². The van der Waals surface area contributed by atoms with Crippen molar-refractivity contribution in [2.75, 3.05) is 6.61 Å². The third-order valence-electron chi connectivity index (χ3n) is 6.37. The Kier molecular flexibility index (Phi) is 5.57. The highest BCUT2D eigenvalue weighted by Crippen LogP contribution is 2.45. The summed E-state index contributed by atoms with van der Waals surface area (Å²) in [7, 11) is 0. The lowest BCUT2D eigenvalue weighted by Gasteiger charge is -2.20. The van der Waals surface area contributed by atoms with Gasteiger partial charge in [-0.25, -0.2) is 22.0 Å². The van der Waals surface area contributed by atoms with E-state index in [1.54, 1.807) is 0 Å². The fourth-order valence-corrected chi connectivity index (χ4v) is 4.80. The van der Waals surface area contributed by atoms with Crippen LogP contribution in [-0.4, -0.2) is 6.61 Å². The Bertz CT molecular complexity index is 1290. The zero-order valence-electron chi connectivity index (χ0n) is 18.0. The average molecular weight is 456 g/mol. The van der Waals surface area contributed by atoms with Gasteiger partial charge in [0.25, 0.3) is 0 Å². The lowest BCUT2D eigenvalue weighted by Crippen LogP contribution is -2.09. The van der Waals surface area contributed by atoms with Crippen LogP contribution in [0.1, 0.15) is 48.1 Å². The highest BCUT2D eigenvalue weighted by Gasteiger charge is 2.32. The summed E-state index contributed by atoms with van der Waals surface area (Å²) in [6.07, 6.45) is 4.96. The van der Waals surface area contributed by atoms with Crippen molar-refractivity contribution in [2.24, 2.45) is 0 Å². The van der Waals surface area contributed by atoms with E-state index in [1.807, 2.05) is 19.1 Å². The van der Waals surface area contributed by atoms with Crippen molar-refractivity contribution in [2.45, 2.75) is 38.7 Å². The molecule has 0 N–H and O–H groups in total. The first-order valence-electron chi connectivity index (χ1n) is 11.0. The number of fused-ring (bicyclic) bond motifs is 3. The first kappa shape index (κ1) is 21.8. The Morgan fingerprint density at radius 2 is 1.58 bits per heavy atom. The molecule has 2 aliphatic rings. The van der Waals surface area contributed by atoms with Gasteiger partial charge in [-0.1, -0.05) is 43.7 Å². The molecule has 3 aromatic carbocycles. The minimum atomic E-state index is -1.26. The maximum absolute atomic E-state index is 15.2. The van der Waals surface area contributed by atoms with E-state index in [0.717, 1.165) is 6.07 Å². The second-order valence-corrected chi connectivity index (χ2v) is 8.48. The van der Waals surface area contributed by atoms with Crippen LogP contribution in [0.25, 0.3) is 22.3 Å². The van der Waals surface area contributed by atoms with E-state index in [-0.39, 0.29) is 34.2 Å². The van der Waals surface area contributed by atoms with E-state index < -0.39 is 35.2 Å². The third-order valence-corrected chi connectivity index (χ3v) is 6.37. The molecule has 0 aromatic heterocycles. The minimum Gasteiger partial charge on any atom is -0.369 e. The van der Waals surface area contributed by atoms with Crippen molar-refractivity contribution in [3.63, 3.8) is 0 Å². The fourth-order valence-electron chi connectivity index (χ4n) is 4.80. The average Bonchev–Trinajstić information content (AvgIpc) is 3.19. The summed E-state index contributed by atoms with van der Waals surface area (Å²) in [6, 6.07) is 7.12. The summed E-state index contributed by atoms with van der Waals surface area (Å²) in [5.41, 5.74) is 0.890. The van der Waals surface area contributed by atoms with Crippen LogP contribution < -0.4 is 0 Å². The standard InChI is InChI=1S/C27H21F5O/c1-2-5-15-10-16-11-17-12-19(25(30)27(32)23(17)22(16)26(31)24(15)29)14-7-8-18(20(28)13-14)21-6-3-4-9-33-21/h3-4,7-8,10,12-13,21H,2,5-6,9,11H2,1H3. The highest BCUT2D eigenvalue weighted by molar-refractivity contribution is 5.82. The van der Waals surface area contributed by atoms with Gasteiger partial charge in [-0.3, -0.25) is 0 Å². The van der Waals surface area contributed by atoms with Crippen LogP contribution in [-0.2, 0) is 17.6 Å². The first-order chi connectivity index (χ1) is 15.9. The summed E-state index contributed by atoms with van der Waals surface area (Å²) in [5.74, 6) is -5.23. The van der Waals surface area contributed by atoms with E-state index in [1.165, 1.54) is 24.3 Å². The number of rotatable bonds is 4. The normalized spacial score (nSPS) is 16.7. The largest absolute Gasteiger partial charge is 0.369 e. The van der Waals surface area contributed by atoms with Crippen LogP contribution in [0.4, 0.5) is 22.0 Å². The maximum Gasteiger partial charge on any atom is 0.167 e. The molecule has 0 saturated heterocycles. The molecule has 5 rings (SSSR count). The zero-order chi connectivity index (χ0) is 23.3. The van der Waals surface area contributed by atoms with Gasteiger partial charge in [0.1, 0.15) is 5.82 Å². The molecule has 170 valence electrons. The topological polar surface area (TPSA) is 9.23 Å². The van der Waals surface area contributed by atoms with Crippen LogP contribution in [0, 0.1) is 29.1 Å². The lowest BCUT2D eigenvalue weighted by molar-refractivity contribution is 0.0651. The summed E-state index contributed by atoms with van der Waals surface area (Å²) in [5, 5.41) is 0. The summed E-state index contributed by atoms with van der Waals surface area (Å²) < 4.78 is 80.0. The number of hydrogen-bond donors (Lipinski definition) is 0. The van der Waals surface area contributed by atoms with E-state index in [0.29, 0.717) is 42.6 Å². The molecule has 1 nitrogen and oxygen atoms in total. The molecular formula is C27H21F5O. The molecule has 0 fully saturated rings. The third kappa shape index (κ3) is 3.57. The highest BCUT2D eigenvalue weighted by atomic mass is 19.2. The Hall–Kier alpha value is -2.99. The van der Waals surface area contributed by atoms with Gasteiger partial charge >= 0.3 is 0 Å². The van der Waals surface area contributed by atoms with Gasteiger partial charge in [-0.15, -0.1) is 0 Å². The monoisotopic (exact) mass is 456 g/mol. The van der Waals surface area contributed by atoms with Crippen molar-refractivity contribution >= 4 is 0 Å². The van der Waals surface area contributed by atoms with E-state index >= 15 is 8.78 Å². The molecule has 1 unspecified atom stereocenters. The van der Waals surface area contributed by atoms with Gasteiger partial charge in [0, 0.05) is 22.3 Å². The van der Waals surface area contributed by atoms with Gasteiger partial charge in [0.15, 0.2) is 23.3 Å². The van der Waals surface area contributed by atoms with Crippen molar-refractivity contribution in [3.8, 4) is 22.3 Å². The van der Waals surface area contributed by atoms with Gasteiger partial charge in [0.05, 0.1) is 12.7 Å². The Morgan fingerprint density at radius 1 is 0.848 bits per heavy atom. The molecule has 33 heavy (non-hydrogen) atoms. The molecule has 0 amide bonds. The number of aryl methyl sites for hydroxylation is 1. The van der Waals surface area contributed by atoms with Crippen LogP contribution >= 0.6 is 0 Å². The minimum absolute atomic E-state index is 0.122. The molecule has 0 saturated carbocycles. The van der Waals surface area contributed by atoms with Crippen molar-refractivity contribution in [3.05, 3.63) is 93.8 Å². The molecule has 3 aromatic rings. The smallest absolute Gasteiger partial charge is 0.167 e. The van der Waals surface area contributed by atoms with Crippen LogP contribution in [0.5, 0.6) is 0 Å². The predicted molar refractivity (Wildman–Crippen MR) is 116 cm³/mol. The second-order valence-electron chi connectivity index (χ2n) is 8.48. The molecule has 1 atom stereocenters.